The van der Waals surface area contributed by atoms with Crippen LogP contribution in [0.3, 0.4) is 0 Å². The van der Waals surface area contributed by atoms with Crippen LogP contribution in [0.1, 0.15) is 66.4 Å². The number of carbonyl (C=O) groups is 1. The number of nitrogens with two attached hydrogens (primary N) is 2. The minimum Gasteiger partial charge on any atom is -0.396 e. The number of aliphatic hydroxyl groups is 3. The van der Waals surface area contributed by atoms with Gasteiger partial charge in [0.1, 0.15) is 95.7 Å². The first-order chi connectivity index (χ1) is 66.0. The van der Waals surface area contributed by atoms with Gasteiger partial charge < -0.3 is 93.6 Å². The lowest BCUT2D eigenvalue weighted by Crippen LogP contribution is -2.43. The van der Waals surface area contributed by atoms with Crippen LogP contribution in [0.4, 0.5) is 39.4 Å². The molecular weight excluding hydrogens is 2010 g/mol. The molecule has 27 atom stereocenters. The molecule has 0 saturated carbocycles. The number of aromatic amines is 2. The Kier molecular flexibility index (Phi) is 26.1. The van der Waals surface area contributed by atoms with E-state index in [1.807, 2.05) is 0 Å². The predicted molar refractivity (Wildman–Crippen MR) is 446 cm³/mol. The van der Waals surface area contributed by atoms with Gasteiger partial charge in [-0.15, -0.1) is 0 Å². The number of aliphatic hydroxyl groups excluding tert-OH is 3. The summed E-state index contributed by atoms with van der Waals surface area (Å²) in [6, 6.07) is 0. The van der Waals surface area contributed by atoms with Gasteiger partial charge in [0.2, 0.25) is 0 Å². The van der Waals surface area contributed by atoms with E-state index in [-0.39, 0.29) is 92.0 Å². The van der Waals surface area contributed by atoms with Gasteiger partial charge in [-0.1, -0.05) is 0 Å². The van der Waals surface area contributed by atoms with Crippen molar-refractivity contribution >= 4 is 139 Å². The van der Waals surface area contributed by atoms with Crippen LogP contribution in [-0.2, 0) is 120 Å². The van der Waals surface area contributed by atoms with Gasteiger partial charge in [-0.25, -0.2) is 104 Å². The summed E-state index contributed by atoms with van der Waals surface area (Å²) in [5, 5.41) is 30.3. The number of imidazole rings is 4. The number of fused-ring (bicyclic) bond motifs is 15. The maximum Gasteiger partial charge on any atom is 0.472 e. The molecule has 70 heteroatoms. The fraction of sp³-hybridized carbons (Fsp3) is 0.536. The third kappa shape index (κ3) is 18.5. The van der Waals surface area contributed by atoms with E-state index in [2.05, 4.69) is 79.2 Å². The van der Waals surface area contributed by atoms with Crippen molar-refractivity contribution in [3.8, 4) is 0 Å². The van der Waals surface area contributed by atoms with E-state index in [9.17, 15) is 96.9 Å². The molecule has 21 heterocycles. The maximum atomic E-state index is 16.0. The highest BCUT2D eigenvalue weighted by Gasteiger charge is 2.59. The Morgan fingerprint density at radius 3 is 1.47 bits per heavy atom. The normalized spacial score (nSPS) is 35.2. The number of hydrogen-bond acceptors (Lipinski definition) is 45. The number of halogens is 5. The molecule has 0 aliphatic carbocycles. The van der Waals surface area contributed by atoms with E-state index < -0.39 is 299 Å². The van der Waals surface area contributed by atoms with E-state index in [0.29, 0.717) is 0 Å². The van der Waals surface area contributed by atoms with E-state index >= 15 is 13.2 Å². The Bertz CT molecular complexity index is 7410. The van der Waals surface area contributed by atoms with Crippen LogP contribution in [0.2, 0.25) is 0 Å². The van der Waals surface area contributed by atoms with Crippen molar-refractivity contribution in [3.63, 3.8) is 0 Å². The van der Waals surface area contributed by atoms with Crippen molar-refractivity contribution in [2.45, 2.75) is 149 Å². The Hall–Kier alpha value is -10.3. The molecule has 10 aliphatic rings. The van der Waals surface area contributed by atoms with Gasteiger partial charge in [0.25, 0.3) is 26.8 Å². The molecule has 139 heavy (non-hydrogen) atoms. The van der Waals surface area contributed by atoms with E-state index in [0.717, 1.165) is 84.1 Å². The van der Waals surface area contributed by atoms with Crippen molar-refractivity contribution in [2.24, 2.45) is 29.8 Å². The number of aryl methyl sites for hydroxylation is 2. The largest absolute Gasteiger partial charge is 0.472 e. The average Bonchev–Trinajstić information content (AvgIpc) is 1.63. The van der Waals surface area contributed by atoms with Crippen molar-refractivity contribution in [3.05, 3.63) is 117 Å². The number of ketones is 1. The molecule has 0 spiro atoms. The van der Waals surface area contributed by atoms with Crippen LogP contribution >= 0.6 is 23.5 Å². The Morgan fingerprint density at radius 1 is 0.489 bits per heavy atom. The Balaban J connectivity index is 0.000000133. The molecule has 14 N–H and O–H groups in total. The smallest absolute Gasteiger partial charge is 0.396 e. The van der Waals surface area contributed by atoms with Gasteiger partial charge in [0.05, 0.1) is 107 Å². The quantitative estimate of drug-likeness (QED) is 0.0404. The van der Waals surface area contributed by atoms with Crippen LogP contribution in [0, 0.1) is 36.3 Å². The zero-order valence-corrected chi connectivity index (χ0v) is 75.8. The molecule has 10 aliphatic heterocycles. The minimum absolute atomic E-state index is 0.00738. The number of H-pyrrole nitrogens is 2. The van der Waals surface area contributed by atoms with Crippen molar-refractivity contribution in [2.75, 3.05) is 70.0 Å². The highest BCUT2D eigenvalue weighted by molar-refractivity contribution is 7.86. The highest BCUT2D eigenvalue weighted by atomic mass is 32.2. The lowest BCUT2D eigenvalue weighted by Gasteiger charge is -2.26. The maximum absolute atomic E-state index is 16.0. The van der Waals surface area contributed by atoms with Crippen LogP contribution in [0.25, 0.3) is 55.7 Å². The lowest BCUT2D eigenvalue weighted by atomic mass is 9.97. The number of hydrogen-bond donors (Lipinski definition) is 12. The number of anilines is 2. The summed E-state index contributed by atoms with van der Waals surface area (Å²) in [6.45, 7) is -4.72. The van der Waals surface area contributed by atoms with Crippen LogP contribution in [-0.4, -0.2) is 314 Å². The number of aliphatic imine (C=N–C) groups is 1. The molecular formula is C69H77F5N25O34P3S3. The van der Waals surface area contributed by atoms with Crippen molar-refractivity contribution < 1.29 is 164 Å². The predicted octanol–water partition coefficient (Wildman–Crippen LogP) is -2.49. The number of phosphoric acid groups is 3. The fourth-order valence-electron chi connectivity index (χ4n) is 17.6. The number of aromatic nitrogens is 20. The second-order valence-corrected chi connectivity index (χ2v) is 41.3. The highest BCUT2D eigenvalue weighted by Crippen LogP contribution is 2.56. The van der Waals surface area contributed by atoms with Gasteiger partial charge in [-0.05, 0) is 13.3 Å². The molecule has 11 aromatic rings. The molecule has 0 radical (unpaired) electrons. The number of nitrogen functional groups attached to an aromatic ring is 2. The number of nitrogens with zero attached hydrogens (tertiary/aromatic N) is 19. The molecule has 27 unspecified atom stereocenters. The summed E-state index contributed by atoms with van der Waals surface area (Å²) in [6.07, 6.45) is -23.1. The average molecular weight is 2080 g/mol. The third-order valence-electron chi connectivity index (χ3n) is 24.1. The van der Waals surface area contributed by atoms with Crippen molar-refractivity contribution in [1.29, 1.82) is 0 Å². The molecule has 6 bridgehead atoms. The van der Waals surface area contributed by atoms with E-state index in [1.165, 1.54) is 31.1 Å². The van der Waals surface area contributed by atoms with E-state index in [4.69, 9.17) is 79.6 Å². The number of Topliss-reactive ketones (excluding diaryl/α,β-unsaturated/α-hetero) is 1. The summed E-state index contributed by atoms with van der Waals surface area (Å²) in [5.41, 5.74) is 9.23. The summed E-state index contributed by atoms with van der Waals surface area (Å²) in [4.78, 5) is 134. The molecule has 9 fully saturated rings. The number of ether oxygens (including phenoxy) is 6. The molecule has 0 aromatic carbocycles. The first-order valence-electron chi connectivity index (χ1n) is 41.3. The first kappa shape index (κ1) is 97.5. The van der Waals surface area contributed by atoms with Crippen molar-refractivity contribution in [1.82, 2.24) is 106 Å². The van der Waals surface area contributed by atoms with Gasteiger partial charge in [0.15, 0.2) is 124 Å². The number of nitrogens with one attached hydrogen (secondary N) is 4. The third-order valence-corrected chi connectivity index (χ3v) is 30.3. The van der Waals surface area contributed by atoms with Gasteiger partial charge in [0, 0.05) is 62.9 Å². The summed E-state index contributed by atoms with van der Waals surface area (Å²) in [5.74, 6) is -6.82. The summed E-state index contributed by atoms with van der Waals surface area (Å²) < 4.78 is 291. The van der Waals surface area contributed by atoms with Crippen LogP contribution < -0.4 is 37.6 Å². The second-order valence-electron chi connectivity index (χ2n) is 32.6. The zero-order valence-electron chi connectivity index (χ0n) is 70.7. The van der Waals surface area contributed by atoms with Gasteiger partial charge in [-0.2, -0.15) is 34.7 Å². The molecule has 9 saturated heterocycles. The number of phosphoric ester groups is 3. The second kappa shape index (κ2) is 37.2. The monoisotopic (exact) mass is 2080 g/mol. The first-order valence-corrected chi connectivity index (χ1v) is 50.2. The van der Waals surface area contributed by atoms with Gasteiger partial charge >= 0.3 is 44.1 Å². The summed E-state index contributed by atoms with van der Waals surface area (Å²) >= 11 is 0. The van der Waals surface area contributed by atoms with Crippen LogP contribution in [0.5, 0.6) is 0 Å². The topological polar surface area (TPSA) is 778 Å². The Labute approximate surface area is 771 Å². The van der Waals surface area contributed by atoms with E-state index in [1.54, 1.807) is 0 Å². The minimum atomic E-state index is -5.15. The number of rotatable bonds is 9. The number of carbonyl (C=O) groups excluding carboxylic acids is 1. The molecule has 11 aromatic heterocycles. The standard InChI is InChI=1S/C23H26F2N9O11PS.C23H25F2N8O11PS.C23H26FN8O12PS/c1-32-7-30-19-13(21(32)36)10(24)3-33(19)23-16-9(4-35)12(43-23)5-41-46(37,38)44-17-11(2-31-47(39,40)45-16)42-22(14(17)25)34-8-29-15-18(26)27-6-28-20(15)34;24-10-4-32(20-14(10)11(35)1-2-27-20)23-17-9(5-34)13(42-23)6-40-45(36,37)43-18-12(3-31-46(38,39)44-17)41-22(15(18)25)33-8-30-16-19(26)28-7-29-21(16)33;1-9-29-19-15(21(35)30-9)28-8-32(19)23-16-10(4-33)11(41-23)2-3-46(38,39)44-17-12(5-40-45(36,37)43-16)42-22(13(17)24)31-7-27-14-18(31)25-6-26-20(14)34/h3,6-9,11-12,14,16-17,22-23,31,35H,2,4-5H2,1H3,(H,37,38)(H2,26,27,28);2,4,7-9,12-13,15,17-18,22-23,31,34H,1,3,5-6H2,(H,36,37)(H2,26,28,29);6-8,10-13,16-17,22-23,33H,2-5H2,1H3,(H,36,37)(H,25,26,34)(H,29,30,35). The van der Waals surface area contributed by atoms with Crippen LogP contribution in [0.15, 0.2) is 82.4 Å². The van der Waals surface area contributed by atoms with Gasteiger partial charge in [-0.3, -0.25) is 68.8 Å². The molecule has 59 nitrogen and oxygen atoms in total. The SMILES string of the molecule is Cc1nc2c(ncn2C2OC3CCS(=O)(=O)OC4C(COP(=O)(O)OC2C3CO)OC(n2cnc3c(=O)[nH]cnc32)C4F)c(=O)[nH]1.Cn1cnc2c(c(F)cn2C2OC3COP(=O)(O)OC4C(CNS(=O)(=O)OC2C3CO)OC(n2cnc3c(N)ncnc32)C4F)c1=O.Nc1ncnc2c1ncn2C1OC2CNS(=O)(=O)OC3C(CO)C(COP(=O)(O)OC2C1F)OC3n1cc(F)c2c1N=CCC2=O. The molecule has 0 amide bonds. The Morgan fingerprint density at radius 2 is 0.935 bits per heavy atom. The molecule has 21 rings (SSSR count). The zero-order chi connectivity index (χ0) is 98.5. The lowest BCUT2D eigenvalue weighted by molar-refractivity contribution is -0.0556. The number of alkyl halides is 3. The molecule has 750 valence electrons. The summed E-state index contributed by atoms with van der Waals surface area (Å²) in [7, 11) is -28.2. The fourth-order valence-corrected chi connectivity index (χ4v) is 23.6.